The van der Waals surface area contributed by atoms with Gasteiger partial charge < -0.3 is 5.32 Å². The van der Waals surface area contributed by atoms with E-state index in [0.29, 0.717) is 12.1 Å². The standard InChI is InChI=1S/C19H24N2/c1-14-4-8-16(9-5-14)18-19(21(3)13-12-20-18)17-10-6-15(2)7-11-17/h4-11,18-20H,12-13H2,1-3H3. The largest absolute Gasteiger partial charge is 0.307 e. The fourth-order valence-corrected chi connectivity index (χ4v) is 3.19. The Hall–Kier alpha value is -1.64. The van der Waals surface area contributed by atoms with Gasteiger partial charge in [0.25, 0.3) is 0 Å². The van der Waals surface area contributed by atoms with Crippen molar-refractivity contribution in [2.75, 3.05) is 20.1 Å². The smallest absolute Gasteiger partial charge is 0.0541 e. The third-order valence-electron chi connectivity index (χ3n) is 4.47. The van der Waals surface area contributed by atoms with Gasteiger partial charge in [0.15, 0.2) is 0 Å². The zero-order valence-corrected chi connectivity index (χ0v) is 13.1. The average Bonchev–Trinajstić information content (AvgIpc) is 2.49. The normalized spacial score (nSPS) is 23.2. The van der Waals surface area contributed by atoms with E-state index in [4.69, 9.17) is 0 Å². The summed E-state index contributed by atoms with van der Waals surface area (Å²) in [4.78, 5) is 2.46. The van der Waals surface area contributed by atoms with E-state index in [2.05, 4.69) is 79.6 Å². The minimum Gasteiger partial charge on any atom is -0.307 e. The highest BCUT2D eigenvalue weighted by atomic mass is 15.2. The van der Waals surface area contributed by atoms with Crippen molar-refractivity contribution < 1.29 is 0 Å². The average molecular weight is 280 g/mol. The number of hydrogen-bond donors (Lipinski definition) is 1. The van der Waals surface area contributed by atoms with Crippen molar-refractivity contribution in [2.24, 2.45) is 0 Å². The van der Waals surface area contributed by atoms with Crippen LogP contribution < -0.4 is 5.32 Å². The summed E-state index contributed by atoms with van der Waals surface area (Å²) in [5, 5.41) is 3.71. The summed E-state index contributed by atoms with van der Waals surface area (Å²) in [7, 11) is 2.23. The SMILES string of the molecule is Cc1ccc(C2NCCN(C)C2c2ccc(C)cc2)cc1. The summed E-state index contributed by atoms with van der Waals surface area (Å²) in [5.41, 5.74) is 5.39. The molecular weight excluding hydrogens is 256 g/mol. The molecule has 2 heteroatoms. The summed E-state index contributed by atoms with van der Waals surface area (Å²) >= 11 is 0. The van der Waals surface area contributed by atoms with E-state index in [0.717, 1.165) is 13.1 Å². The predicted octanol–water partition coefficient (Wildman–Crippen LogP) is 3.62. The molecular formula is C19H24N2. The third kappa shape index (κ3) is 3.02. The van der Waals surface area contributed by atoms with Crippen LogP contribution in [-0.4, -0.2) is 25.0 Å². The molecule has 2 nitrogen and oxygen atoms in total. The molecule has 1 aliphatic heterocycles. The van der Waals surface area contributed by atoms with Crippen molar-refractivity contribution in [1.82, 2.24) is 10.2 Å². The lowest BCUT2D eigenvalue weighted by atomic mass is 9.90. The van der Waals surface area contributed by atoms with Gasteiger partial charge in [0.2, 0.25) is 0 Å². The maximum Gasteiger partial charge on any atom is 0.0541 e. The molecule has 21 heavy (non-hydrogen) atoms. The summed E-state index contributed by atoms with van der Waals surface area (Å²) in [6.45, 7) is 6.41. The van der Waals surface area contributed by atoms with Crippen LogP contribution in [0.5, 0.6) is 0 Å². The first-order valence-corrected chi connectivity index (χ1v) is 7.72. The van der Waals surface area contributed by atoms with Crippen LogP contribution >= 0.6 is 0 Å². The molecule has 0 aliphatic carbocycles. The quantitative estimate of drug-likeness (QED) is 0.904. The van der Waals surface area contributed by atoms with Gasteiger partial charge in [-0.1, -0.05) is 59.7 Å². The molecule has 1 heterocycles. The van der Waals surface area contributed by atoms with E-state index in [1.807, 2.05) is 0 Å². The van der Waals surface area contributed by atoms with Gasteiger partial charge in [0.1, 0.15) is 0 Å². The first-order chi connectivity index (χ1) is 10.1. The zero-order valence-electron chi connectivity index (χ0n) is 13.1. The molecule has 1 aliphatic rings. The van der Waals surface area contributed by atoms with E-state index in [1.54, 1.807) is 0 Å². The van der Waals surface area contributed by atoms with Gasteiger partial charge in [0, 0.05) is 13.1 Å². The number of piperazine rings is 1. The van der Waals surface area contributed by atoms with Crippen LogP contribution in [0.25, 0.3) is 0 Å². The summed E-state index contributed by atoms with van der Waals surface area (Å²) in [6, 6.07) is 18.6. The fraction of sp³-hybridized carbons (Fsp3) is 0.368. The van der Waals surface area contributed by atoms with Crippen LogP contribution in [0.3, 0.4) is 0 Å². The maximum atomic E-state index is 3.71. The fourth-order valence-electron chi connectivity index (χ4n) is 3.19. The highest BCUT2D eigenvalue weighted by molar-refractivity contribution is 5.31. The molecule has 0 bridgehead atoms. The molecule has 110 valence electrons. The molecule has 0 aromatic heterocycles. The lowest BCUT2D eigenvalue weighted by Gasteiger charge is -2.40. The van der Waals surface area contributed by atoms with E-state index in [1.165, 1.54) is 22.3 Å². The van der Waals surface area contributed by atoms with Gasteiger partial charge in [-0.2, -0.15) is 0 Å². The molecule has 2 atom stereocenters. The minimum atomic E-state index is 0.354. The molecule has 0 amide bonds. The second-order valence-electron chi connectivity index (χ2n) is 6.18. The lowest BCUT2D eigenvalue weighted by Crippen LogP contribution is -2.46. The van der Waals surface area contributed by atoms with Crippen LogP contribution in [0.2, 0.25) is 0 Å². The Balaban J connectivity index is 1.96. The lowest BCUT2D eigenvalue weighted by molar-refractivity contribution is 0.151. The van der Waals surface area contributed by atoms with Gasteiger partial charge in [-0.05, 0) is 32.0 Å². The highest BCUT2D eigenvalue weighted by Gasteiger charge is 2.31. The molecule has 0 spiro atoms. The first-order valence-electron chi connectivity index (χ1n) is 7.72. The van der Waals surface area contributed by atoms with Gasteiger partial charge >= 0.3 is 0 Å². The molecule has 0 radical (unpaired) electrons. The monoisotopic (exact) mass is 280 g/mol. The van der Waals surface area contributed by atoms with E-state index < -0.39 is 0 Å². The summed E-state index contributed by atoms with van der Waals surface area (Å²) in [5.74, 6) is 0. The molecule has 1 N–H and O–H groups in total. The molecule has 2 aromatic rings. The van der Waals surface area contributed by atoms with Crippen LogP contribution in [0, 0.1) is 13.8 Å². The Labute approximate surface area is 127 Å². The predicted molar refractivity (Wildman–Crippen MR) is 88.5 cm³/mol. The van der Waals surface area contributed by atoms with Crippen LogP contribution in [-0.2, 0) is 0 Å². The molecule has 0 saturated carbocycles. The Morgan fingerprint density at radius 2 is 1.38 bits per heavy atom. The Morgan fingerprint density at radius 3 is 1.95 bits per heavy atom. The van der Waals surface area contributed by atoms with Crippen molar-refractivity contribution in [3.05, 3.63) is 70.8 Å². The van der Waals surface area contributed by atoms with Crippen molar-refractivity contribution in [2.45, 2.75) is 25.9 Å². The van der Waals surface area contributed by atoms with Gasteiger partial charge in [-0.25, -0.2) is 0 Å². The Morgan fingerprint density at radius 1 is 0.857 bits per heavy atom. The maximum absolute atomic E-state index is 3.71. The number of aryl methyl sites for hydroxylation is 2. The zero-order chi connectivity index (χ0) is 14.8. The van der Waals surface area contributed by atoms with Gasteiger partial charge in [0.05, 0.1) is 12.1 Å². The van der Waals surface area contributed by atoms with Crippen molar-refractivity contribution in [3.63, 3.8) is 0 Å². The molecule has 2 unspecified atom stereocenters. The number of nitrogens with one attached hydrogen (secondary N) is 1. The van der Waals surface area contributed by atoms with Crippen LogP contribution in [0.15, 0.2) is 48.5 Å². The molecule has 1 fully saturated rings. The number of hydrogen-bond acceptors (Lipinski definition) is 2. The topological polar surface area (TPSA) is 15.3 Å². The van der Waals surface area contributed by atoms with Gasteiger partial charge in [-0.15, -0.1) is 0 Å². The van der Waals surface area contributed by atoms with Gasteiger partial charge in [-0.3, -0.25) is 4.90 Å². The second kappa shape index (κ2) is 6.00. The number of benzene rings is 2. The van der Waals surface area contributed by atoms with Crippen molar-refractivity contribution in [3.8, 4) is 0 Å². The van der Waals surface area contributed by atoms with E-state index in [-0.39, 0.29) is 0 Å². The second-order valence-corrected chi connectivity index (χ2v) is 6.18. The van der Waals surface area contributed by atoms with Crippen molar-refractivity contribution in [1.29, 1.82) is 0 Å². The first kappa shape index (κ1) is 14.3. The van der Waals surface area contributed by atoms with Crippen molar-refractivity contribution >= 4 is 0 Å². The number of likely N-dealkylation sites (N-methyl/N-ethyl adjacent to an activating group) is 1. The number of rotatable bonds is 2. The Kier molecular flexibility index (Phi) is 4.09. The van der Waals surface area contributed by atoms with E-state index in [9.17, 15) is 0 Å². The minimum absolute atomic E-state index is 0.354. The summed E-state index contributed by atoms with van der Waals surface area (Å²) in [6.07, 6.45) is 0. The third-order valence-corrected chi connectivity index (χ3v) is 4.47. The van der Waals surface area contributed by atoms with Crippen LogP contribution in [0.4, 0.5) is 0 Å². The highest BCUT2D eigenvalue weighted by Crippen LogP contribution is 2.35. The molecule has 2 aromatic carbocycles. The molecule has 1 saturated heterocycles. The Bertz CT molecular complexity index is 586. The molecule has 3 rings (SSSR count). The number of nitrogens with zero attached hydrogens (tertiary/aromatic N) is 1. The van der Waals surface area contributed by atoms with E-state index >= 15 is 0 Å². The summed E-state index contributed by atoms with van der Waals surface area (Å²) < 4.78 is 0. The van der Waals surface area contributed by atoms with Crippen LogP contribution in [0.1, 0.15) is 34.3 Å².